The zero-order chi connectivity index (χ0) is 19.6. The molecule has 2 aromatic carbocycles. The molecule has 1 aliphatic heterocycles. The molecular formula is C19H21F2NO4S. The van der Waals surface area contributed by atoms with Gasteiger partial charge in [-0.25, -0.2) is 8.42 Å². The van der Waals surface area contributed by atoms with Crippen LogP contribution in [0, 0.1) is 0 Å². The van der Waals surface area contributed by atoms with E-state index < -0.39 is 15.6 Å². The van der Waals surface area contributed by atoms with E-state index in [1.54, 1.807) is 26.4 Å². The van der Waals surface area contributed by atoms with Gasteiger partial charge in [0.2, 0.25) is 9.84 Å². The van der Waals surface area contributed by atoms with E-state index in [9.17, 15) is 17.2 Å². The second-order valence-electron chi connectivity index (χ2n) is 6.26. The molecule has 1 atom stereocenters. The van der Waals surface area contributed by atoms with Crippen LogP contribution in [0.25, 0.3) is 0 Å². The monoisotopic (exact) mass is 397 g/mol. The molecule has 146 valence electrons. The fourth-order valence-electron chi connectivity index (χ4n) is 3.42. The average molecular weight is 397 g/mol. The van der Waals surface area contributed by atoms with Crippen LogP contribution in [-0.2, 0) is 9.84 Å². The third kappa shape index (κ3) is 3.71. The minimum absolute atomic E-state index is 0.0448. The van der Waals surface area contributed by atoms with Crippen molar-refractivity contribution in [2.75, 3.05) is 25.7 Å². The van der Waals surface area contributed by atoms with Crippen LogP contribution in [0.15, 0.2) is 47.4 Å². The number of rotatable bonds is 6. The van der Waals surface area contributed by atoms with E-state index in [1.165, 1.54) is 12.1 Å². The second-order valence-corrected chi connectivity index (χ2v) is 8.18. The standard InChI is InChI=1S/C19H21F2NO4S/c1-25-14-7-10-16(18(12-14)26-2)17-4-3-11-22(17)13-5-8-15(9-6-13)27(23,24)19(20)21/h5-10,12,17,19H,3-4,11H2,1-2H3. The SMILES string of the molecule is COc1ccc(C2CCCN2c2ccc(S(=O)(=O)C(F)F)cc2)c(OC)c1. The lowest BCUT2D eigenvalue weighted by molar-refractivity contribution is 0.234. The molecule has 1 heterocycles. The molecule has 0 amide bonds. The summed E-state index contributed by atoms with van der Waals surface area (Å²) in [5.74, 6) is -2.02. The van der Waals surface area contributed by atoms with Crippen molar-refractivity contribution in [1.29, 1.82) is 0 Å². The Morgan fingerprint density at radius 2 is 1.78 bits per heavy atom. The van der Waals surface area contributed by atoms with Gasteiger partial charge in [0.05, 0.1) is 25.2 Å². The maximum absolute atomic E-state index is 12.7. The van der Waals surface area contributed by atoms with E-state index in [2.05, 4.69) is 4.90 Å². The molecule has 1 fully saturated rings. The van der Waals surface area contributed by atoms with E-state index in [0.29, 0.717) is 11.5 Å². The highest BCUT2D eigenvalue weighted by molar-refractivity contribution is 7.91. The topological polar surface area (TPSA) is 55.8 Å². The van der Waals surface area contributed by atoms with Crippen molar-refractivity contribution in [2.45, 2.75) is 29.5 Å². The number of ether oxygens (including phenoxy) is 2. The quantitative estimate of drug-likeness (QED) is 0.736. The number of anilines is 1. The van der Waals surface area contributed by atoms with Gasteiger partial charge in [-0.15, -0.1) is 0 Å². The first-order valence-electron chi connectivity index (χ1n) is 8.49. The molecule has 3 rings (SSSR count). The van der Waals surface area contributed by atoms with Crippen LogP contribution >= 0.6 is 0 Å². The Hall–Kier alpha value is -2.35. The highest BCUT2D eigenvalue weighted by Crippen LogP contribution is 2.41. The summed E-state index contributed by atoms with van der Waals surface area (Å²) in [6, 6.07) is 11.3. The van der Waals surface area contributed by atoms with Crippen molar-refractivity contribution < 1.29 is 26.7 Å². The molecule has 1 aliphatic rings. The number of hydrogen-bond donors (Lipinski definition) is 0. The molecule has 2 aromatic rings. The molecule has 0 aliphatic carbocycles. The summed E-state index contributed by atoms with van der Waals surface area (Å²) in [5, 5.41) is 0. The number of nitrogens with zero attached hydrogens (tertiary/aromatic N) is 1. The summed E-state index contributed by atoms with van der Waals surface area (Å²) in [6.07, 6.45) is 1.86. The third-order valence-corrected chi connectivity index (χ3v) is 6.18. The van der Waals surface area contributed by atoms with Crippen molar-refractivity contribution in [3.8, 4) is 11.5 Å². The summed E-state index contributed by atoms with van der Waals surface area (Å²) >= 11 is 0. The number of alkyl halides is 2. The predicted molar refractivity (Wildman–Crippen MR) is 98.5 cm³/mol. The van der Waals surface area contributed by atoms with Gasteiger partial charge in [0.15, 0.2) is 0 Å². The molecule has 0 N–H and O–H groups in total. The molecule has 27 heavy (non-hydrogen) atoms. The Balaban J connectivity index is 1.91. The van der Waals surface area contributed by atoms with Crippen LogP contribution in [0.2, 0.25) is 0 Å². The van der Waals surface area contributed by atoms with Crippen molar-refractivity contribution in [1.82, 2.24) is 0 Å². The Morgan fingerprint density at radius 1 is 1.07 bits per heavy atom. The second kappa shape index (κ2) is 7.72. The molecule has 1 unspecified atom stereocenters. The van der Waals surface area contributed by atoms with Crippen molar-refractivity contribution >= 4 is 15.5 Å². The molecule has 5 nitrogen and oxygen atoms in total. The molecule has 1 saturated heterocycles. The predicted octanol–water partition coefficient (Wildman–Crippen LogP) is 4.04. The number of benzene rings is 2. The van der Waals surface area contributed by atoms with Crippen LogP contribution in [-0.4, -0.2) is 34.9 Å². The highest BCUT2D eigenvalue weighted by atomic mass is 32.2. The van der Waals surface area contributed by atoms with Gasteiger partial charge in [-0.1, -0.05) is 0 Å². The van der Waals surface area contributed by atoms with Crippen molar-refractivity contribution in [3.05, 3.63) is 48.0 Å². The Morgan fingerprint density at radius 3 is 2.37 bits per heavy atom. The maximum atomic E-state index is 12.7. The van der Waals surface area contributed by atoms with E-state index in [1.807, 2.05) is 18.2 Å². The van der Waals surface area contributed by atoms with Crippen LogP contribution in [0.1, 0.15) is 24.4 Å². The fourth-order valence-corrected chi connectivity index (χ4v) is 4.14. The lowest BCUT2D eigenvalue weighted by Gasteiger charge is -2.28. The third-order valence-electron chi connectivity index (χ3n) is 4.78. The summed E-state index contributed by atoms with van der Waals surface area (Å²) in [4.78, 5) is 1.75. The Bertz CT molecular complexity index is 900. The number of hydrogen-bond acceptors (Lipinski definition) is 5. The zero-order valence-electron chi connectivity index (χ0n) is 15.1. The van der Waals surface area contributed by atoms with Gasteiger partial charge < -0.3 is 14.4 Å². The van der Waals surface area contributed by atoms with Gasteiger partial charge in [-0.3, -0.25) is 0 Å². The maximum Gasteiger partial charge on any atom is 0.341 e. The summed E-state index contributed by atoms with van der Waals surface area (Å²) in [5.41, 5.74) is 1.78. The molecule has 0 spiro atoms. The number of halogens is 2. The first kappa shape index (κ1) is 19.4. The van der Waals surface area contributed by atoms with Crippen LogP contribution in [0.4, 0.5) is 14.5 Å². The number of methoxy groups -OCH3 is 2. The largest absolute Gasteiger partial charge is 0.497 e. The molecular weight excluding hydrogens is 376 g/mol. The van der Waals surface area contributed by atoms with E-state index >= 15 is 0 Å². The molecule has 0 saturated carbocycles. The van der Waals surface area contributed by atoms with Crippen LogP contribution < -0.4 is 14.4 Å². The molecule has 0 aromatic heterocycles. The molecule has 0 radical (unpaired) electrons. The van der Waals surface area contributed by atoms with Gasteiger partial charge in [0.25, 0.3) is 0 Å². The van der Waals surface area contributed by atoms with Gasteiger partial charge in [-0.2, -0.15) is 8.78 Å². The van der Waals surface area contributed by atoms with Crippen molar-refractivity contribution in [2.24, 2.45) is 0 Å². The minimum Gasteiger partial charge on any atom is -0.497 e. The summed E-state index contributed by atoms with van der Waals surface area (Å²) in [7, 11) is -1.40. The zero-order valence-corrected chi connectivity index (χ0v) is 15.9. The Labute approximate surface area is 157 Å². The smallest absolute Gasteiger partial charge is 0.341 e. The summed E-state index contributed by atoms with van der Waals surface area (Å²) < 4.78 is 59.4. The first-order valence-corrected chi connectivity index (χ1v) is 10.0. The minimum atomic E-state index is -4.59. The van der Waals surface area contributed by atoms with Gasteiger partial charge in [-0.05, 0) is 49.2 Å². The highest BCUT2D eigenvalue weighted by Gasteiger charge is 2.30. The van der Waals surface area contributed by atoms with Crippen molar-refractivity contribution in [3.63, 3.8) is 0 Å². The lowest BCUT2D eigenvalue weighted by Crippen LogP contribution is -2.23. The lowest BCUT2D eigenvalue weighted by atomic mass is 10.0. The average Bonchev–Trinajstić information content (AvgIpc) is 3.16. The molecule has 0 bridgehead atoms. The van der Waals surface area contributed by atoms with Gasteiger partial charge in [0, 0.05) is 23.9 Å². The molecule has 8 heteroatoms. The van der Waals surface area contributed by atoms with Crippen LogP contribution in [0.3, 0.4) is 0 Å². The van der Waals surface area contributed by atoms with Crippen LogP contribution in [0.5, 0.6) is 11.5 Å². The normalized spacial score (nSPS) is 17.4. The Kier molecular flexibility index (Phi) is 5.55. The van der Waals surface area contributed by atoms with E-state index in [0.717, 1.165) is 30.6 Å². The first-order chi connectivity index (χ1) is 12.9. The number of sulfone groups is 1. The van der Waals surface area contributed by atoms with Gasteiger partial charge in [0.1, 0.15) is 11.5 Å². The summed E-state index contributed by atoms with van der Waals surface area (Å²) in [6.45, 7) is 0.779. The van der Waals surface area contributed by atoms with Gasteiger partial charge >= 0.3 is 5.76 Å². The van der Waals surface area contributed by atoms with E-state index in [-0.39, 0.29) is 10.9 Å². The van der Waals surface area contributed by atoms with E-state index in [4.69, 9.17) is 9.47 Å². The fraction of sp³-hybridized carbons (Fsp3) is 0.368.